The zero-order chi connectivity index (χ0) is 26.3. The molecule has 11 heteroatoms. The van der Waals surface area contributed by atoms with Gasteiger partial charge in [-0.15, -0.1) is 0 Å². The van der Waals surface area contributed by atoms with E-state index in [0.717, 1.165) is 9.87 Å². The van der Waals surface area contributed by atoms with Crippen molar-refractivity contribution in [3.63, 3.8) is 0 Å². The van der Waals surface area contributed by atoms with Crippen molar-refractivity contribution in [2.75, 3.05) is 20.8 Å². The quantitative estimate of drug-likeness (QED) is 0.293. The van der Waals surface area contributed by atoms with Crippen molar-refractivity contribution in [1.29, 1.82) is 0 Å². The molecule has 3 aromatic rings. The fourth-order valence-corrected chi connectivity index (χ4v) is 5.08. The maximum atomic E-state index is 13.4. The molecule has 0 bridgehead atoms. The number of nitrogens with one attached hydrogen (secondary N) is 1. The second kappa shape index (κ2) is 12.2. The Kier molecular flexibility index (Phi) is 9.33. The van der Waals surface area contributed by atoms with E-state index < -0.39 is 22.5 Å². The van der Waals surface area contributed by atoms with Crippen LogP contribution in [0.4, 0.5) is 0 Å². The highest BCUT2D eigenvalue weighted by Gasteiger charge is 2.27. The topological polar surface area (TPSA) is 97.3 Å². The van der Waals surface area contributed by atoms with Gasteiger partial charge in [0.1, 0.15) is 11.5 Å². The molecule has 0 atom stereocenters. The summed E-state index contributed by atoms with van der Waals surface area (Å²) >= 11 is 12.3. The van der Waals surface area contributed by atoms with Gasteiger partial charge < -0.3 is 9.47 Å². The maximum absolute atomic E-state index is 13.4. The summed E-state index contributed by atoms with van der Waals surface area (Å²) in [6, 6.07) is 16.2. The van der Waals surface area contributed by atoms with Crippen molar-refractivity contribution in [3.05, 3.63) is 87.4 Å². The van der Waals surface area contributed by atoms with Crippen LogP contribution in [0, 0.1) is 6.92 Å². The number of carbonyl (C=O) groups excluding carboxylic acids is 1. The van der Waals surface area contributed by atoms with E-state index in [2.05, 4.69) is 10.5 Å². The third-order valence-electron chi connectivity index (χ3n) is 5.17. The first-order valence-electron chi connectivity index (χ1n) is 10.7. The van der Waals surface area contributed by atoms with Gasteiger partial charge in [-0.05, 0) is 55.0 Å². The number of hydrogen-bond acceptors (Lipinski definition) is 6. The molecule has 0 aliphatic heterocycles. The number of nitrogens with zero attached hydrogens (tertiary/aromatic N) is 2. The molecule has 0 aliphatic rings. The Morgan fingerprint density at radius 1 is 1.03 bits per heavy atom. The number of sulfonamides is 1. The normalized spacial score (nSPS) is 11.6. The molecule has 1 N–H and O–H groups in total. The number of benzene rings is 3. The molecular weight excluding hydrogens is 525 g/mol. The Morgan fingerprint density at radius 2 is 1.75 bits per heavy atom. The molecule has 190 valence electrons. The average Bonchev–Trinajstić information content (AvgIpc) is 2.85. The van der Waals surface area contributed by atoms with Crippen LogP contribution in [0.1, 0.15) is 16.7 Å². The third kappa shape index (κ3) is 6.98. The second-order valence-corrected chi connectivity index (χ2v) is 10.5. The minimum atomic E-state index is -4.04. The maximum Gasteiger partial charge on any atom is 0.255 e. The van der Waals surface area contributed by atoms with Gasteiger partial charge in [-0.1, -0.05) is 47.0 Å². The first-order valence-corrected chi connectivity index (χ1v) is 12.9. The van der Waals surface area contributed by atoms with Gasteiger partial charge >= 0.3 is 0 Å². The van der Waals surface area contributed by atoms with Gasteiger partial charge in [0, 0.05) is 22.2 Å². The highest BCUT2D eigenvalue weighted by Crippen LogP contribution is 2.25. The molecule has 3 rings (SSSR count). The van der Waals surface area contributed by atoms with Gasteiger partial charge in [-0.3, -0.25) is 4.79 Å². The van der Waals surface area contributed by atoms with Crippen LogP contribution >= 0.6 is 23.2 Å². The predicted molar refractivity (Wildman–Crippen MR) is 141 cm³/mol. The Hall–Kier alpha value is -3.11. The standard InChI is InChI=1S/C25H25Cl2N3O5S/c1-17-4-9-22(10-5-17)36(32,33)30(15-18-6-7-20(26)13-23(18)27)16-25(31)29-28-14-19-12-21(34-2)8-11-24(19)35-3/h4-14H,15-16H2,1-3H3,(H,29,31)/b28-14-. The zero-order valence-corrected chi connectivity index (χ0v) is 22.2. The summed E-state index contributed by atoms with van der Waals surface area (Å²) in [6.07, 6.45) is 1.38. The molecule has 0 unspecified atom stereocenters. The lowest BCUT2D eigenvalue weighted by atomic mass is 10.2. The first-order chi connectivity index (χ1) is 17.1. The molecule has 0 saturated carbocycles. The largest absolute Gasteiger partial charge is 0.497 e. The Morgan fingerprint density at radius 3 is 2.39 bits per heavy atom. The molecule has 0 aliphatic carbocycles. The summed E-state index contributed by atoms with van der Waals surface area (Å²) in [5.74, 6) is 0.461. The van der Waals surface area contributed by atoms with E-state index in [-0.39, 0.29) is 16.5 Å². The van der Waals surface area contributed by atoms with Crippen molar-refractivity contribution in [3.8, 4) is 11.5 Å². The second-order valence-electron chi connectivity index (χ2n) is 7.72. The molecule has 0 radical (unpaired) electrons. The summed E-state index contributed by atoms with van der Waals surface area (Å²) in [5.41, 5.74) is 4.33. The van der Waals surface area contributed by atoms with Crippen molar-refractivity contribution in [1.82, 2.24) is 9.73 Å². The van der Waals surface area contributed by atoms with E-state index in [1.807, 2.05) is 6.92 Å². The van der Waals surface area contributed by atoms with E-state index in [9.17, 15) is 13.2 Å². The van der Waals surface area contributed by atoms with Gasteiger partial charge in [-0.25, -0.2) is 13.8 Å². The van der Waals surface area contributed by atoms with Crippen LogP contribution in [0.25, 0.3) is 0 Å². The number of carbonyl (C=O) groups is 1. The molecule has 1 amide bonds. The van der Waals surface area contributed by atoms with Crippen LogP contribution in [-0.4, -0.2) is 45.6 Å². The summed E-state index contributed by atoms with van der Waals surface area (Å²) in [4.78, 5) is 12.8. The number of amides is 1. The van der Waals surface area contributed by atoms with Crippen LogP contribution in [0.3, 0.4) is 0 Å². The minimum absolute atomic E-state index is 0.0515. The summed E-state index contributed by atoms with van der Waals surface area (Å²) in [6.45, 7) is 1.21. The Balaban J connectivity index is 1.84. The number of hydrazone groups is 1. The zero-order valence-electron chi connectivity index (χ0n) is 19.9. The molecule has 3 aromatic carbocycles. The molecule has 8 nitrogen and oxygen atoms in total. The molecular formula is C25H25Cl2N3O5S. The lowest BCUT2D eigenvalue weighted by Crippen LogP contribution is -2.39. The predicted octanol–water partition coefficient (Wildman–Crippen LogP) is 4.66. The Bertz CT molecular complexity index is 1360. The fraction of sp³-hybridized carbons (Fsp3) is 0.200. The average molecular weight is 550 g/mol. The van der Waals surface area contributed by atoms with Gasteiger partial charge in [0.25, 0.3) is 5.91 Å². The van der Waals surface area contributed by atoms with Gasteiger partial charge in [0.15, 0.2) is 0 Å². The van der Waals surface area contributed by atoms with Crippen LogP contribution in [0.5, 0.6) is 11.5 Å². The lowest BCUT2D eigenvalue weighted by molar-refractivity contribution is -0.121. The summed E-state index contributed by atoms with van der Waals surface area (Å²) < 4.78 is 38.4. The van der Waals surface area contributed by atoms with E-state index in [1.165, 1.54) is 38.6 Å². The summed E-state index contributed by atoms with van der Waals surface area (Å²) in [7, 11) is -1.01. The number of rotatable bonds is 10. The number of hydrogen-bond donors (Lipinski definition) is 1. The van der Waals surface area contributed by atoms with Crippen LogP contribution in [0.15, 0.2) is 70.7 Å². The number of ether oxygens (including phenoxy) is 2. The SMILES string of the molecule is COc1ccc(OC)c(/C=N\NC(=O)CN(Cc2ccc(Cl)cc2Cl)S(=O)(=O)c2ccc(C)cc2)c1. The van der Waals surface area contributed by atoms with Crippen LogP contribution in [0.2, 0.25) is 10.0 Å². The van der Waals surface area contributed by atoms with Gasteiger partial charge in [0.2, 0.25) is 10.0 Å². The fourth-order valence-electron chi connectivity index (χ4n) is 3.23. The van der Waals surface area contributed by atoms with E-state index >= 15 is 0 Å². The monoisotopic (exact) mass is 549 g/mol. The van der Waals surface area contributed by atoms with E-state index in [0.29, 0.717) is 27.6 Å². The number of methoxy groups -OCH3 is 2. The van der Waals surface area contributed by atoms with Crippen molar-refractivity contribution >= 4 is 45.3 Å². The molecule has 0 aromatic heterocycles. The highest BCUT2D eigenvalue weighted by molar-refractivity contribution is 7.89. The van der Waals surface area contributed by atoms with E-state index in [4.69, 9.17) is 32.7 Å². The number of halogens is 2. The van der Waals surface area contributed by atoms with Crippen LogP contribution in [-0.2, 0) is 21.4 Å². The Labute approximate surface area is 220 Å². The van der Waals surface area contributed by atoms with E-state index in [1.54, 1.807) is 42.5 Å². The van der Waals surface area contributed by atoms with Crippen molar-refractivity contribution in [2.45, 2.75) is 18.4 Å². The third-order valence-corrected chi connectivity index (χ3v) is 7.56. The van der Waals surface area contributed by atoms with Crippen molar-refractivity contribution in [2.24, 2.45) is 5.10 Å². The van der Waals surface area contributed by atoms with Crippen molar-refractivity contribution < 1.29 is 22.7 Å². The molecule has 0 spiro atoms. The molecule has 0 saturated heterocycles. The van der Waals surface area contributed by atoms with Crippen LogP contribution < -0.4 is 14.9 Å². The smallest absolute Gasteiger partial charge is 0.255 e. The number of aryl methyl sites for hydroxylation is 1. The molecule has 0 heterocycles. The summed E-state index contributed by atoms with van der Waals surface area (Å²) in [5, 5.41) is 4.66. The lowest BCUT2D eigenvalue weighted by Gasteiger charge is -2.22. The highest BCUT2D eigenvalue weighted by atomic mass is 35.5. The van der Waals surface area contributed by atoms with Gasteiger partial charge in [0.05, 0.1) is 31.9 Å². The minimum Gasteiger partial charge on any atom is -0.497 e. The molecule has 0 fully saturated rings. The first kappa shape index (κ1) is 27.5. The molecule has 36 heavy (non-hydrogen) atoms. The van der Waals surface area contributed by atoms with Gasteiger partial charge in [-0.2, -0.15) is 9.41 Å².